The second-order valence-corrected chi connectivity index (χ2v) is 18.3. The van der Waals surface area contributed by atoms with E-state index in [1.165, 1.54) is 30.7 Å². The van der Waals surface area contributed by atoms with Crippen molar-refractivity contribution in [2.75, 3.05) is 0 Å². The summed E-state index contributed by atoms with van der Waals surface area (Å²) in [7, 11) is 0. The molecular weight excluding hydrogens is 1100 g/mol. The first-order valence-electron chi connectivity index (χ1n) is 29.1. The molecule has 0 saturated heterocycles. The summed E-state index contributed by atoms with van der Waals surface area (Å²) in [6.07, 6.45) is 4.45. The van der Waals surface area contributed by atoms with Gasteiger partial charge in [0.1, 0.15) is 0 Å². The molecule has 3 nitrogen and oxygen atoms in total. The Bertz CT molecular complexity index is 4190. The first-order chi connectivity index (χ1) is 40.5. The zero-order valence-corrected chi connectivity index (χ0v) is 43.2. The van der Waals surface area contributed by atoms with E-state index in [9.17, 15) is 0 Å². The normalized spacial score (nSPS) is 13.2. The molecule has 0 unspecified atom stereocenters. The number of hydrogen-bond donors (Lipinski definition) is 0. The van der Waals surface area contributed by atoms with Crippen molar-refractivity contribution >= 4 is 0 Å². The van der Waals surface area contributed by atoms with Gasteiger partial charge in [-0.05, 0) is 124 Å². The Balaban J connectivity index is 0.00000752. The Kier molecular flexibility index (Phi) is 11.4. The molecule has 0 aliphatic heterocycles. The number of aromatic nitrogens is 3. The summed E-state index contributed by atoms with van der Waals surface area (Å²) in [5, 5.41) is 0. The molecule has 76 heavy (non-hydrogen) atoms. The van der Waals surface area contributed by atoms with Gasteiger partial charge in [-0.3, -0.25) is 0 Å². The van der Waals surface area contributed by atoms with Crippen molar-refractivity contribution in [1.82, 2.24) is 15.0 Å². The molecule has 0 aliphatic carbocycles. The Morgan fingerprint density at radius 3 is 1.22 bits per heavy atom. The summed E-state index contributed by atoms with van der Waals surface area (Å²) < 4.78 is 71.8. The van der Waals surface area contributed by atoms with Crippen LogP contribution < -0.4 is 0 Å². The van der Waals surface area contributed by atoms with Gasteiger partial charge in [0.25, 0.3) is 0 Å². The van der Waals surface area contributed by atoms with Gasteiger partial charge in [-0.15, -0.1) is 83.4 Å². The first-order valence-corrected chi connectivity index (χ1v) is 24.6. The van der Waals surface area contributed by atoms with Gasteiger partial charge in [0.15, 0.2) is 0 Å². The quantitative estimate of drug-likeness (QED) is 0.121. The van der Waals surface area contributed by atoms with Gasteiger partial charge in [-0.25, -0.2) is 0 Å². The van der Waals surface area contributed by atoms with Gasteiger partial charge in [0.05, 0.1) is 0 Å². The fourth-order valence-electron chi connectivity index (χ4n) is 9.82. The van der Waals surface area contributed by atoms with E-state index in [4.69, 9.17) is 12.3 Å². The minimum Gasteiger partial charge on any atom is -0.305 e. The fourth-order valence-corrected chi connectivity index (χ4v) is 9.82. The third kappa shape index (κ3) is 10.3. The maximum atomic E-state index is 7.99. The summed E-state index contributed by atoms with van der Waals surface area (Å²) in [6, 6.07) is 86.1. The molecule has 0 saturated carbocycles. The largest absolute Gasteiger partial charge is 3.00 e. The molecule has 0 spiro atoms. The fraction of sp³-hybridized carbons (Fsp3) is 0.0417. The number of nitrogens with zero attached hydrogens (tertiary/aromatic N) is 3. The molecule has 12 aromatic rings. The minimum absolute atomic E-state index is 0. The third-order valence-electron chi connectivity index (χ3n) is 13.5. The number of pyridine rings is 3. The monoisotopic (exact) mass is 1160 g/mol. The summed E-state index contributed by atoms with van der Waals surface area (Å²) in [5.41, 5.74) is 19.7. The van der Waals surface area contributed by atoms with Crippen LogP contribution in [0.2, 0.25) is 0 Å². The standard InChI is InChI=1S/C72H50N3.Ir/c1-48-37-39-73-71(41-48)56-30-26-53(27-31-56)62-15-7-9-17-64(62)59-43-60(65-18-10-8-16-63(65)54-28-32-57(33-29-54)72-42-49(2)38-40-74-72)45-61(44-59)66-19-11-12-20-67(66)68-35-34-58(70-36-21-50(3)47-75-70)46-69(68)55-24-22-52(23-25-55)51-13-5-4-6-14-51;/h4-30,32,35-47H,1-3H3;/q-3;+3/i1D3,2D3,3D3;. The number of benzene rings is 9. The number of aryl methyl sites for hydroxylation is 3. The summed E-state index contributed by atoms with van der Waals surface area (Å²) in [5.74, 6) is 0. The van der Waals surface area contributed by atoms with Crippen LogP contribution in [0.5, 0.6) is 0 Å². The SMILES string of the molecule is [2H]C([2H])([2H])c1ccc(-c2[c-]cc(-c3ccccc3-c3cc(-c4ccccc4-c4c[c-]c(-c5cc(C([2H])([2H])[2H])ccn5)cc4)cc(-c4ccccc4-c4c[c-]c(-c5cc(C([2H])([2H])[2H])ccn5)cc4)c3)c(-c3ccc(-c4ccccc4)cc3)c2)nc1.[Ir+3]. The van der Waals surface area contributed by atoms with Crippen LogP contribution in [0.3, 0.4) is 0 Å². The molecule has 0 aliphatic rings. The van der Waals surface area contributed by atoms with Crippen molar-refractivity contribution in [2.45, 2.75) is 20.6 Å². The van der Waals surface area contributed by atoms with Gasteiger partial charge in [0, 0.05) is 30.9 Å². The summed E-state index contributed by atoms with van der Waals surface area (Å²) in [6.45, 7) is -6.85. The minimum atomic E-state index is -2.29. The van der Waals surface area contributed by atoms with E-state index in [1.54, 1.807) is 24.3 Å². The topological polar surface area (TPSA) is 38.7 Å². The Labute approximate surface area is 472 Å². The molecule has 0 bridgehead atoms. The van der Waals surface area contributed by atoms with Crippen molar-refractivity contribution < 1.29 is 32.4 Å². The predicted molar refractivity (Wildman–Crippen MR) is 310 cm³/mol. The summed E-state index contributed by atoms with van der Waals surface area (Å²) in [4.78, 5) is 13.6. The number of rotatable bonds is 11. The molecule has 9 aromatic carbocycles. The van der Waals surface area contributed by atoms with Crippen molar-refractivity contribution in [3.63, 3.8) is 0 Å². The zero-order valence-electron chi connectivity index (χ0n) is 49.8. The van der Waals surface area contributed by atoms with Gasteiger partial charge >= 0.3 is 20.1 Å². The van der Waals surface area contributed by atoms with E-state index in [1.807, 2.05) is 91.0 Å². The first kappa shape index (κ1) is 39.5. The Hall–Kier alpha value is -8.92. The van der Waals surface area contributed by atoms with E-state index in [-0.39, 0.29) is 36.8 Å². The van der Waals surface area contributed by atoms with Crippen LogP contribution in [-0.2, 0) is 20.1 Å². The molecule has 362 valence electrons. The van der Waals surface area contributed by atoms with E-state index in [0.29, 0.717) is 33.8 Å². The maximum absolute atomic E-state index is 7.99. The Morgan fingerprint density at radius 2 is 0.737 bits per heavy atom. The molecular formula is C72H50IrN3. The van der Waals surface area contributed by atoms with Crippen molar-refractivity contribution in [1.29, 1.82) is 0 Å². The second-order valence-electron chi connectivity index (χ2n) is 18.3. The van der Waals surface area contributed by atoms with Crippen molar-refractivity contribution in [3.8, 4) is 123 Å². The predicted octanol–water partition coefficient (Wildman–Crippen LogP) is 18.5. The van der Waals surface area contributed by atoms with E-state index < -0.39 is 20.6 Å². The average molecular weight is 1160 g/mol. The van der Waals surface area contributed by atoms with Crippen LogP contribution in [0.1, 0.15) is 29.0 Å². The van der Waals surface area contributed by atoms with E-state index in [2.05, 4.69) is 136 Å². The molecule has 0 amide bonds. The molecule has 0 fully saturated rings. The molecule has 0 N–H and O–H groups in total. The van der Waals surface area contributed by atoms with Gasteiger partial charge in [0.2, 0.25) is 0 Å². The van der Waals surface area contributed by atoms with Gasteiger partial charge in [-0.2, -0.15) is 0 Å². The van der Waals surface area contributed by atoms with Crippen LogP contribution in [-0.4, -0.2) is 15.0 Å². The average Bonchev–Trinajstić information content (AvgIpc) is 1.85. The van der Waals surface area contributed by atoms with Crippen LogP contribution in [0.25, 0.3) is 123 Å². The van der Waals surface area contributed by atoms with Crippen molar-refractivity contribution in [3.05, 3.63) is 284 Å². The van der Waals surface area contributed by atoms with E-state index >= 15 is 0 Å². The smallest absolute Gasteiger partial charge is 0.305 e. The molecule has 0 atom stereocenters. The van der Waals surface area contributed by atoms with Crippen LogP contribution >= 0.6 is 0 Å². The second kappa shape index (κ2) is 21.9. The van der Waals surface area contributed by atoms with E-state index in [0.717, 1.165) is 89.0 Å². The van der Waals surface area contributed by atoms with Gasteiger partial charge in [-0.1, -0.05) is 202 Å². The summed E-state index contributed by atoms with van der Waals surface area (Å²) >= 11 is 0. The zero-order chi connectivity index (χ0) is 58.2. The van der Waals surface area contributed by atoms with Crippen molar-refractivity contribution in [2.24, 2.45) is 0 Å². The van der Waals surface area contributed by atoms with Gasteiger partial charge < -0.3 is 15.0 Å². The molecule has 0 radical (unpaired) electrons. The maximum Gasteiger partial charge on any atom is 3.00 e. The third-order valence-corrected chi connectivity index (χ3v) is 13.5. The molecule has 3 heterocycles. The van der Waals surface area contributed by atoms with Crippen LogP contribution in [0.4, 0.5) is 0 Å². The van der Waals surface area contributed by atoms with Crippen LogP contribution in [0.15, 0.2) is 249 Å². The molecule has 12 rings (SSSR count). The Morgan fingerprint density at radius 1 is 0.289 bits per heavy atom. The van der Waals surface area contributed by atoms with Crippen LogP contribution in [0, 0.1) is 38.8 Å². The molecule has 4 heteroatoms. The number of hydrogen-bond acceptors (Lipinski definition) is 3. The molecule has 3 aromatic heterocycles.